The fourth-order valence-electron chi connectivity index (χ4n) is 1.81. The molecule has 2 unspecified atom stereocenters. The highest BCUT2D eigenvalue weighted by Crippen LogP contribution is 2.06. The van der Waals surface area contributed by atoms with Crippen molar-refractivity contribution < 1.29 is 14.3 Å². The van der Waals surface area contributed by atoms with Crippen molar-refractivity contribution in [2.24, 2.45) is 5.73 Å². The normalized spacial score (nSPS) is 13.3. The summed E-state index contributed by atoms with van der Waals surface area (Å²) in [6, 6.07) is 6.59. The number of carbonyl (C=O) groups excluding carboxylic acids is 2. The number of nitrogens with one attached hydrogen (secondary N) is 2. The molecule has 0 aliphatic heterocycles. The minimum absolute atomic E-state index is 0.112. The molecule has 0 saturated carbocycles. The van der Waals surface area contributed by atoms with Gasteiger partial charge in [-0.15, -0.1) is 0 Å². The van der Waals surface area contributed by atoms with Gasteiger partial charge < -0.3 is 21.1 Å². The maximum atomic E-state index is 12.1. The molecule has 2 amide bonds. The first-order valence-electron chi connectivity index (χ1n) is 7.40. The van der Waals surface area contributed by atoms with Crippen LogP contribution < -0.4 is 16.4 Å². The number of amides is 2. The van der Waals surface area contributed by atoms with Crippen LogP contribution >= 0.6 is 0 Å². The second-order valence-corrected chi connectivity index (χ2v) is 5.26. The minimum Gasteiger partial charge on any atom is -0.383 e. The van der Waals surface area contributed by atoms with Gasteiger partial charge in [0.05, 0.1) is 6.61 Å². The van der Waals surface area contributed by atoms with E-state index in [0.717, 1.165) is 12.0 Å². The lowest BCUT2D eigenvalue weighted by Gasteiger charge is -2.13. The molecule has 1 rings (SSSR count). The average Bonchev–Trinajstić information content (AvgIpc) is 2.52. The van der Waals surface area contributed by atoms with Crippen molar-refractivity contribution in [3.8, 4) is 0 Å². The van der Waals surface area contributed by atoms with Crippen LogP contribution in [0, 0.1) is 0 Å². The van der Waals surface area contributed by atoms with Crippen LogP contribution in [0.2, 0.25) is 0 Å². The van der Waals surface area contributed by atoms with Crippen molar-refractivity contribution in [2.75, 3.05) is 13.7 Å². The van der Waals surface area contributed by atoms with Gasteiger partial charge in [0.15, 0.2) is 0 Å². The highest BCUT2D eigenvalue weighted by atomic mass is 16.5. The molecule has 0 heterocycles. The molecule has 6 heteroatoms. The first-order valence-corrected chi connectivity index (χ1v) is 7.40. The van der Waals surface area contributed by atoms with E-state index < -0.39 is 6.04 Å². The lowest BCUT2D eigenvalue weighted by molar-refractivity contribution is -0.123. The van der Waals surface area contributed by atoms with Crippen molar-refractivity contribution in [1.29, 1.82) is 0 Å². The molecule has 2 atom stereocenters. The van der Waals surface area contributed by atoms with Gasteiger partial charge >= 0.3 is 0 Å². The van der Waals surface area contributed by atoms with Crippen LogP contribution in [-0.2, 0) is 16.1 Å². The van der Waals surface area contributed by atoms with Crippen LogP contribution in [0.15, 0.2) is 24.3 Å². The fourth-order valence-corrected chi connectivity index (χ4v) is 1.81. The third-order valence-electron chi connectivity index (χ3n) is 3.33. The fraction of sp³-hybridized carbons (Fsp3) is 0.500. The molecule has 1 aromatic rings. The highest BCUT2D eigenvalue weighted by Gasteiger charge is 2.13. The van der Waals surface area contributed by atoms with Gasteiger partial charge in [-0.1, -0.05) is 19.1 Å². The summed E-state index contributed by atoms with van der Waals surface area (Å²) in [5, 5.41) is 5.64. The van der Waals surface area contributed by atoms with Crippen LogP contribution in [-0.4, -0.2) is 37.6 Å². The second kappa shape index (κ2) is 9.17. The largest absolute Gasteiger partial charge is 0.383 e. The van der Waals surface area contributed by atoms with Crippen molar-refractivity contribution in [1.82, 2.24) is 10.6 Å². The third kappa shape index (κ3) is 5.83. The average molecular weight is 307 g/mol. The molecule has 0 saturated heterocycles. The van der Waals surface area contributed by atoms with E-state index in [-0.39, 0.29) is 24.5 Å². The summed E-state index contributed by atoms with van der Waals surface area (Å²) in [7, 11) is 1.49. The van der Waals surface area contributed by atoms with Crippen LogP contribution in [0.4, 0.5) is 0 Å². The van der Waals surface area contributed by atoms with Gasteiger partial charge in [-0.25, -0.2) is 0 Å². The molecule has 0 bridgehead atoms. The molecule has 6 nitrogen and oxygen atoms in total. The smallest absolute Gasteiger partial charge is 0.251 e. The lowest BCUT2D eigenvalue weighted by atomic mass is 10.1. The molecule has 0 aliphatic rings. The van der Waals surface area contributed by atoms with Gasteiger partial charge in [0, 0.05) is 25.3 Å². The van der Waals surface area contributed by atoms with E-state index in [1.165, 1.54) is 7.11 Å². The maximum absolute atomic E-state index is 12.1. The molecular weight excluding hydrogens is 282 g/mol. The molecule has 0 aliphatic carbocycles. The summed E-state index contributed by atoms with van der Waals surface area (Å²) < 4.78 is 4.84. The Morgan fingerprint density at radius 2 is 2.09 bits per heavy atom. The van der Waals surface area contributed by atoms with Gasteiger partial charge in [-0.05, 0) is 31.0 Å². The Morgan fingerprint density at radius 3 is 2.73 bits per heavy atom. The summed E-state index contributed by atoms with van der Waals surface area (Å²) in [4.78, 5) is 23.8. The molecular formula is C16H25N3O3. The molecule has 0 radical (unpaired) electrons. The zero-order valence-corrected chi connectivity index (χ0v) is 13.4. The number of hydrogen-bond acceptors (Lipinski definition) is 4. The quantitative estimate of drug-likeness (QED) is 0.662. The molecule has 22 heavy (non-hydrogen) atoms. The Kier molecular flexibility index (Phi) is 7.56. The Hall–Kier alpha value is -1.92. The molecule has 1 aromatic carbocycles. The Balaban J connectivity index is 2.61. The Morgan fingerprint density at radius 1 is 1.36 bits per heavy atom. The number of carbonyl (C=O) groups is 2. The number of ether oxygens (including phenoxy) is 1. The van der Waals surface area contributed by atoms with E-state index in [1.54, 1.807) is 18.2 Å². The number of methoxy groups -OCH3 is 1. The Labute approximate surface area is 131 Å². The van der Waals surface area contributed by atoms with E-state index in [0.29, 0.717) is 12.1 Å². The zero-order valence-electron chi connectivity index (χ0n) is 13.4. The summed E-state index contributed by atoms with van der Waals surface area (Å²) in [5.74, 6) is -0.394. The maximum Gasteiger partial charge on any atom is 0.251 e. The minimum atomic E-state index is -0.693. The predicted molar refractivity (Wildman–Crippen MR) is 85.4 cm³/mol. The zero-order chi connectivity index (χ0) is 16.5. The van der Waals surface area contributed by atoms with Crippen LogP contribution in [0.5, 0.6) is 0 Å². The number of rotatable bonds is 8. The number of nitrogens with two attached hydrogens (primary N) is 1. The topological polar surface area (TPSA) is 93.5 Å². The summed E-state index contributed by atoms with van der Waals surface area (Å²) in [5.41, 5.74) is 7.06. The first kappa shape index (κ1) is 18.1. The highest BCUT2D eigenvalue weighted by molar-refractivity contribution is 5.94. The van der Waals surface area contributed by atoms with Crippen molar-refractivity contribution in [3.63, 3.8) is 0 Å². The van der Waals surface area contributed by atoms with Gasteiger partial charge in [0.2, 0.25) is 5.91 Å². The van der Waals surface area contributed by atoms with Crippen molar-refractivity contribution >= 4 is 11.8 Å². The standard InChI is InChI=1S/C16H25N3O3/c1-4-11(2)19-15(20)13-7-5-6-12(8-13)9-18-16(21)14(17)10-22-3/h5-8,11,14H,4,9-10,17H2,1-3H3,(H,18,21)(H,19,20). The van der Waals surface area contributed by atoms with Crippen molar-refractivity contribution in [3.05, 3.63) is 35.4 Å². The second-order valence-electron chi connectivity index (χ2n) is 5.26. The summed E-state index contributed by atoms with van der Waals surface area (Å²) >= 11 is 0. The molecule has 122 valence electrons. The molecule has 0 spiro atoms. The summed E-state index contributed by atoms with van der Waals surface area (Å²) in [6.45, 7) is 4.46. The molecule has 0 aromatic heterocycles. The van der Waals surface area contributed by atoms with Gasteiger partial charge in [0.1, 0.15) is 6.04 Å². The van der Waals surface area contributed by atoms with E-state index in [4.69, 9.17) is 10.5 Å². The van der Waals surface area contributed by atoms with E-state index in [9.17, 15) is 9.59 Å². The Bertz CT molecular complexity index is 505. The van der Waals surface area contributed by atoms with Crippen molar-refractivity contribution in [2.45, 2.75) is 38.9 Å². The van der Waals surface area contributed by atoms with Gasteiger partial charge in [0.25, 0.3) is 5.91 Å². The summed E-state index contributed by atoms with van der Waals surface area (Å²) in [6.07, 6.45) is 0.874. The first-order chi connectivity index (χ1) is 10.5. The molecule has 4 N–H and O–H groups in total. The van der Waals surface area contributed by atoms with E-state index in [2.05, 4.69) is 10.6 Å². The van der Waals surface area contributed by atoms with E-state index >= 15 is 0 Å². The van der Waals surface area contributed by atoms with Gasteiger partial charge in [-0.3, -0.25) is 9.59 Å². The number of hydrogen-bond donors (Lipinski definition) is 3. The van der Waals surface area contributed by atoms with Gasteiger partial charge in [-0.2, -0.15) is 0 Å². The number of benzene rings is 1. The SMILES string of the molecule is CCC(C)NC(=O)c1cccc(CNC(=O)C(N)COC)c1. The molecule has 0 fully saturated rings. The monoisotopic (exact) mass is 307 g/mol. The third-order valence-corrected chi connectivity index (χ3v) is 3.33. The lowest BCUT2D eigenvalue weighted by Crippen LogP contribution is -2.43. The predicted octanol–water partition coefficient (Wildman–Crippen LogP) is 0.805. The van der Waals surface area contributed by atoms with E-state index in [1.807, 2.05) is 19.9 Å². The van der Waals surface area contributed by atoms with Crippen LogP contribution in [0.1, 0.15) is 36.2 Å². The van der Waals surface area contributed by atoms with Crippen LogP contribution in [0.3, 0.4) is 0 Å². The van der Waals surface area contributed by atoms with Crippen LogP contribution in [0.25, 0.3) is 0 Å².